The Morgan fingerprint density at radius 3 is 2.56 bits per heavy atom. The zero-order chi connectivity index (χ0) is 25.7. The summed E-state index contributed by atoms with van der Waals surface area (Å²) in [6.45, 7) is 0. The first-order valence-electron chi connectivity index (χ1n) is 11.6. The topological polar surface area (TPSA) is 83.6 Å². The molecule has 0 bridgehead atoms. The SMILES string of the molecule is CN(C)C(=O)CCSC(SCCCC(=O)O)c1cc2cc(-c3ccc4ccc(Cl)cc4n3)ccc2o1. The molecule has 6 nitrogen and oxygen atoms in total. The zero-order valence-electron chi connectivity index (χ0n) is 20.1. The average Bonchev–Trinajstić information content (AvgIpc) is 3.27. The number of halogens is 1. The Labute approximate surface area is 223 Å². The summed E-state index contributed by atoms with van der Waals surface area (Å²) in [7, 11) is 3.50. The predicted octanol–water partition coefficient (Wildman–Crippen LogP) is 7.11. The molecule has 0 spiro atoms. The van der Waals surface area contributed by atoms with E-state index in [1.807, 2.05) is 48.5 Å². The van der Waals surface area contributed by atoms with Gasteiger partial charge in [-0.05, 0) is 54.6 Å². The summed E-state index contributed by atoms with van der Waals surface area (Å²) in [5.41, 5.74) is 3.45. The summed E-state index contributed by atoms with van der Waals surface area (Å²) in [5, 5.41) is 11.6. The quantitative estimate of drug-likeness (QED) is 0.160. The second-order valence-electron chi connectivity index (χ2n) is 8.54. The number of nitrogens with zero attached hydrogens (tertiary/aromatic N) is 2. The largest absolute Gasteiger partial charge is 0.481 e. The molecular formula is C27H27ClN2O4S2. The van der Waals surface area contributed by atoms with Crippen LogP contribution >= 0.6 is 35.1 Å². The number of carbonyl (C=O) groups excluding carboxylic acids is 1. The first-order valence-corrected chi connectivity index (χ1v) is 14.0. The number of benzene rings is 2. The fourth-order valence-corrected chi connectivity index (χ4v) is 6.41. The first kappa shape index (κ1) is 26.4. The van der Waals surface area contributed by atoms with Crippen molar-refractivity contribution in [3.63, 3.8) is 0 Å². The van der Waals surface area contributed by atoms with Crippen molar-refractivity contribution >= 4 is 68.9 Å². The molecule has 1 atom stereocenters. The van der Waals surface area contributed by atoms with Gasteiger partial charge in [-0.1, -0.05) is 23.7 Å². The molecule has 0 fully saturated rings. The van der Waals surface area contributed by atoms with Gasteiger partial charge in [0, 0.05) is 54.0 Å². The molecule has 0 saturated carbocycles. The summed E-state index contributed by atoms with van der Waals surface area (Å²) in [4.78, 5) is 29.3. The van der Waals surface area contributed by atoms with E-state index in [9.17, 15) is 9.59 Å². The van der Waals surface area contributed by atoms with Crippen LogP contribution in [-0.2, 0) is 9.59 Å². The molecule has 0 saturated heterocycles. The van der Waals surface area contributed by atoms with Crippen LogP contribution in [0.1, 0.15) is 29.6 Å². The maximum Gasteiger partial charge on any atom is 0.303 e. The maximum atomic E-state index is 12.0. The number of carboxylic acid groups (broad SMARTS) is 1. The van der Waals surface area contributed by atoms with E-state index in [1.165, 1.54) is 0 Å². The summed E-state index contributed by atoms with van der Waals surface area (Å²) < 4.78 is 6.16. The molecule has 2 aromatic carbocycles. The maximum absolute atomic E-state index is 12.0. The highest BCUT2D eigenvalue weighted by Gasteiger charge is 2.19. The average molecular weight is 543 g/mol. The van der Waals surface area contributed by atoms with Crippen molar-refractivity contribution in [1.29, 1.82) is 0 Å². The predicted molar refractivity (Wildman–Crippen MR) is 150 cm³/mol. The van der Waals surface area contributed by atoms with Gasteiger partial charge in [-0.2, -0.15) is 0 Å². The van der Waals surface area contributed by atoms with Gasteiger partial charge in [0.15, 0.2) is 0 Å². The van der Waals surface area contributed by atoms with Gasteiger partial charge >= 0.3 is 5.97 Å². The molecule has 1 amide bonds. The van der Waals surface area contributed by atoms with E-state index >= 15 is 0 Å². The highest BCUT2D eigenvalue weighted by atomic mass is 35.5. The third-order valence-electron chi connectivity index (χ3n) is 5.61. The van der Waals surface area contributed by atoms with Gasteiger partial charge in [-0.25, -0.2) is 4.98 Å². The second kappa shape index (κ2) is 12.0. The standard InChI is InChI=1S/C27H27ClN2O4S2/c1-30(2)25(31)11-13-36-27(35-12-3-4-26(32)33)24-15-19-14-18(7-10-23(19)34-24)21-9-6-17-5-8-20(28)16-22(17)29-21/h5-10,14-16,27H,3-4,11-13H2,1-2H3,(H,32,33). The fourth-order valence-electron chi connectivity index (χ4n) is 3.69. The molecule has 188 valence electrons. The van der Waals surface area contributed by atoms with Crippen molar-refractivity contribution in [3.8, 4) is 11.3 Å². The van der Waals surface area contributed by atoms with Crippen LogP contribution in [0.4, 0.5) is 0 Å². The molecule has 1 unspecified atom stereocenters. The molecule has 4 aromatic rings. The van der Waals surface area contributed by atoms with Crippen LogP contribution in [0.25, 0.3) is 33.1 Å². The number of rotatable bonds is 11. The molecule has 9 heteroatoms. The zero-order valence-corrected chi connectivity index (χ0v) is 22.5. The van der Waals surface area contributed by atoms with Crippen LogP contribution in [0.5, 0.6) is 0 Å². The van der Waals surface area contributed by atoms with Crippen LogP contribution in [-0.4, -0.2) is 52.5 Å². The molecule has 36 heavy (non-hydrogen) atoms. The highest BCUT2D eigenvalue weighted by molar-refractivity contribution is 8.16. The number of thioether (sulfide) groups is 2. The van der Waals surface area contributed by atoms with Crippen LogP contribution in [0.3, 0.4) is 0 Å². The van der Waals surface area contributed by atoms with E-state index in [0.29, 0.717) is 29.4 Å². The lowest BCUT2D eigenvalue weighted by Crippen LogP contribution is -2.21. The number of carbonyl (C=O) groups is 2. The summed E-state index contributed by atoms with van der Waals surface area (Å²) >= 11 is 9.45. The number of aliphatic carboxylic acids is 1. The van der Waals surface area contributed by atoms with Gasteiger partial charge in [0.1, 0.15) is 15.9 Å². The lowest BCUT2D eigenvalue weighted by Gasteiger charge is -2.15. The molecule has 1 N–H and O–H groups in total. The first-order chi connectivity index (χ1) is 17.3. The van der Waals surface area contributed by atoms with Crippen molar-refractivity contribution in [1.82, 2.24) is 9.88 Å². The third kappa shape index (κ3) is 6.75. The summed E-state index contributed by atoms with van der Waals surface area (Å²) in [6.07, 6.45) is 1.15. The number of furan rings is 1. The van der Waals surface area contributed by atoms with Gasteiger partial charge in [-0.3, -0.25) is 9.59 Å². The van der Waals surface area contributed by atoms with Gasteiger partial charge in [0.25, 0.3) is 0 Å². The monoisotopic (exact) mass is 542 g/mol. The minimum absolute atomic E-state index is 0.0365. The second-order valence-corrected chi connectivity index (χ2v) is 11.7. The minimum Gasteiger partial charge on any atom is -0.481 e. The number of hydrogen-bond acceptors (Lipinski definition) is 6. The van der Waals surface area contributed by atoms with E-state index in [-0.39, 0.29) is 16.9 Å². The molecule has 0 aliphatic heterocycles. The number of pyridine rings is 1. The minimum atomic E-state index is -0.794. The Morgan fingerprint density at radius 2 is 1.78 bits per heavy atom. The summed E-state index contributed by atoms with van der Waals surface area (Å²) in [6, 6.07) is 17.7. The molecule has 0 radical (unpaired) electrons. The van der Waals surface area contributed by atoms with Gasteiger partial charge in [0.2, 0.25) is 5.91 Å². The van der Waals surface area contributed by atoms with Crippen LogP contribution in [0.2, 0.25) is 5.02 Å². The van der Waals surface area contributed by atoms with Crippen molar-refractivity contribution in [3.05, 3.63) is 65.4 Å². The number of hydrogen-bond donors (Lipinski definition) is 1. The molecule has 0 aliphatic carbocycles. The van der Waals surface area contributed by atoms with E-state index in [1.54, 1.807) is 42.5 Å². The van der Waals surface area contributed by atoms with E-state index in [2.05, 4.69) is 6.07 Å². The van der Waals surface area contributed by atoms with Crippen molar-refractivity contribution in [2.45, 2.75) is 23.8 Å². The van der Waals surface area contributed by atoms with E-state index in [4.69, 9.17) is 26.1 Å². The van der Waals surface area contributed by atoms with Crippen molar-refractivity contribution < 1.29 is 19.1 Å². The fraction of sp³-hybridized carbons (Fsp3) is 0.296. The number of aromatic nitrogens is 1. The molecule has 4 rings (SSSR count). The molecule has 2 aromatic heterocycles. The Hall–Kier alpha value is -2.68. The molecule has 2 heterocycles. The smallest absolute Gasteiger partial charge is 0.303 e. The van der Waals surface area contributed by atoms with Gasteiger partial charge in [0.05, 0.1) is 11.2 Å². The van der Waals surface area contributed by atoms with Crippen LogP contribution in [0, 0.1) is 0 Å². The number of amides is 1. The highest BCUT2D eigenvalue weighted by Crippen LogP contribution is 2.42. The Morgan fingerprint density at radius 1 is 1.00 bits per heavy atom. The van der Waals surface area contributed by atoms with Crippen LogP contribution in [0.15, 0.2) is 59.0 Å². The molecule has 0 aliphatic rings. The lowest BCUT2D eigenvalue weighted by molar-refractivity contribution is -0.137. The number of fused-ring (bicyclic) bond motifs is 2. The van der Waals surface area contributed by atoms with Gasteiger partial charge < -0.3 is 14.4 Å². The normalized spacial score (nSPS) is 12.2. The Balaban J connectivity index is 1.55. The third-order valence-corrected chi connectivity index (χ3v) is 8.69. The Bertz CT molecular complexity index is 1390. The lowest BCUT2D eigenvalue weighted by atomic mass is 10.1. The van der Waals surface area contributed by atoms with Crippen LogP contribution < -0.4 is 0 Å². The number of carboxylic acids is 1. The van der Waals surface area contributed by atoms with E-state index < -0.39 is 5.97 Å². The molecular weight excluding hydrogens is 516 g/mol. The van der Waals surface area contributed by atoms with Crippen molar-refractivity contribution in [2.24, 2.45) is 0 Å². The summed E-state index contributed by atoms with van der Waals surface area (Å²) in [5.74, 6) is 1.44. The van der Waals surface area contributed by atoms with E-state index in [0.717, 1.165) is 38.9 Å². The van der Waals surface area contributed by atoms with Gasteiger partial charge in [-0.15, -0.1) is 23.5 Å². The Kier molecular flexibility index (Phi) is 8.82. The van der Waals surface area contributed by atoms with Crippen molar-refractivity contribution in [2.75, 3.05) is 25.6 Å².